The molecule has 0 aliphatic heterocycles. The predicted molar refractivity (Wildman–Crippen MR) is 110 cm³/mol. The minimum Gasteiger partial charge on any atom is -0.484 e. The van der Waals surface area contributed by atoms with Crippen molar-refractivity contribution in [2.45, 2.75) is 32.5 Å². The largest absolute Gasteiger partial charge is 0.484 e. The first-order valence-corrected chi connectivity index (χ1v) is 10.1. The molecule has 0 unspecified atom stereocenters. The number of hydrogen-bond donors (Lipinski definition) is 2. The highest BCUT2D eigenvalue weighted by Crippen LogP contribution is 2.36. The zero-order chi connectivity index (χ0) is 26.5. The normalized spacial score (nSPS) is 12.3. The minimum absolute atomic E-state index is 0.0944. The first-order chi connectivity index (χ1) is 16.2. The third-order valence-corrected chi connectivity index (χ3v) is 4.57. The molecule has 1 heterocycles. The topological polar surface area (TPSA) is 83.6 Å². The van der Waals surface area contributed by atoms with Crippen molar-refractivity contribution < 1.29 is 45.1 Å². The lowest BCUT2D eigenvalue weighted by Crippen LogP contribution is -2.54. The SMILES string of the molecule is CCN(NC(=O)C(F)(F)F)C(=O)N[C@H](C)c1ncc(-c2cc(Cl)cc(F)c2OCC(F)F)cc1F. The number of hydrazine groups is 1. The number of aromatic nitrogens is 1. The number of amides is 3. The number of pyridine rings is 1. The number of alkyl halides is 5. The number of carbonyl (C=O) groups excluding carboxylic acids is 2. The van der Waals surface area contributed by atoms with Crippen LogP contribution in [0.3, 0.4) is 0 Å². The van der Waals surface area contributed by atoms with E-state index in [1.165, 1.54) is 19.3 Å². The van der Waals surface area contributed by atoms with Crippen LogP contribution in [0.5, 0.6) is 5.75 Å². The second kappa shape index (κ2) is 11.4. The highest BCUT2D eigenvalue weighted by atomic mass is 35.5. The summed E-state index contributed by atoms with van der Waals surface area (Å²) in [4.78, 5) is 27.1. The molecule has 1 aromatic carbocycles. The van der Waals surface area contributed by atoms with E-state index in [1.807, 2.05) is 0 Å². The van der Waals surface area contributed by atoms with Gasteiger partial charge in [-0.15, -0.1) is 0 Å². The lowest BCUT2D eigenvalue weighted by Gasteiger charge is -2.24. The fourth-order valence-corrected chi connectivity index (χ4v) is 2.98. The van der Waals surface area contributed by atoms with Crippen molar-refractivity contribution in [3.05, 3.63) is 46.7 Å². The van der Waals surface area contributed by atoms with E-state index in [0.717, 1.165) is 24.4 Å². The molecule has 0 saturated heterocycles. The molecule has 0 spiro atoms. The van der Waals surface area contributed by atoms with Crippen LogP contribution < -0.4 is 15.5 Å². The zero-order valence-corrected chi connectivity index (χ0v) is 18.8. The van der Waals surface area contributed by atoms with Gasteiger partial charge in [0.15, 0.2) is 11.6 Å². The molecule has 2 aromatic rings. The Kier molecular flexibility index (Phi) is 9.12. The van der Waals surface area contributed by atoms with Crippen molar-refractivity contribution in [3.8, 4) is 16.9 Å². The smallest absolute Gasteiger partial charge is 0.472 e. The molecular weight excluding hydrogens is 513 g/mol. The van der Waals surface area contributed by atoms with Crippen molar-refractivity contribution in [1.29, 1.82) is 0 Å². The molecule has 15 heteroatoms. The highest BCUT2D eigenvalue weighted by Gasteiger charge is 2.40. The number of nitrogens with one attached hydrogen (secondary N) is 2. The Morgan fingerprint density at radius 2 is 1.83 bits per heavy atom. The van der Waals surface area contributed by atoms with Crippen molar-refractivity contribution in [1.82, 2.24) is 20.7 Å². The first-order valence-electron chi connectivity index (χ1n) is 9.76. The molecular formula is C20H18ClF7N4O3. The molecule has 1 atom stereocenters. The number of halogens is 8. The van der Waals surface area contributed by atoms with Crippen LogP contribution >= 0.6 is 11.6 Å². The number of rotatable bonds is 7. The van der Waals surface area contributed by atoms with Gasteiger partial charge in [-0.1, -0.05) is 11.6 Å². The van der Waals surface area contributed by atoms with Crippen LogP contribution in [-0.4, -0.2) is 47.7 Å². The quantitative estimate of drug-likeness (QED) is 0.389. The van der Waals surface area contributed by atoms with E-state index < -0.39 is 54.6 Å². The van der Waals surface area contributed by atoms with Crippen molar-refractivity contribution >= 4 is 23.5 Å². The van der Waals surface area contributed by atoms with Gasteiger partial charge in [0.2, 0.25) is 0 Å². The molecule has 7 nitrogen and oxygen atoms in total. The molecule has 0 radical (unpaired) electrons. The van der Waals surface area contributed by atoms with Gasteiger partial charge in [0.1, 0.15) is 12.4 Å². The fraction of sp³-hybridized carbons (Fsp3) is 0.350. The van der Waals surface area contributed by atoms with Gasteiger partial charge in [0.25, 0.3) is 6.43 Å². The van der Waals surface area contributed by atoms with Crippen molar-refractivity contribution in [2.24, 2.45) is 0 Å². The van der Waals surface area contributed by atoms with Crippen molar-refractivity contribution in [2.75, 3.05) is 13.2 Å². The molecule has 35 heavy (non-hydrogen) atoms. The second-order valence-corrected chi connectivity index (χ2v) is 7.35. The molecule has 0 saturated carbocycles. The van der Waals surface area contributed by atoms with Gasteiger partial charge in [-0.3, -0.25) is 15.2 Å². The van der Waals surface area contributed by atoms with Gasteiger partial charge in [-0.05, 0) is 32.0 Å². The van der Waals surface area contributed by atoms with E-state index in [9.17, 15) is 40.3 Å². The number of hydrogen-bond acceptors (Lipinski definition) is 4. The minimum atomic E-state index is -5.24. The Bertz CT molecular complexity index is 1090. The lowest BCUT2D eigenvalue weighted by atomic mass is 10.0. The second-order valence-electron chi connectivity index (χ2n) is 6.91. The van der Waals surface area contributed by atoms with E-state index >= 15 is 0 Å². The Balaban J connectivity index is 2.26. The standard InChI is InChI=1S/C20H18ClF7N4O3/c1-3-32(31-18(33)20(26,27)28)19(34)30-9(2)16-13(22)4-10(7-29-16)12-5-11(21)6-14(23)17(12)35-8-15(24)25/h4-7,9,15H,3,8H2,1-2H3,(H,30,34)(H,31,33)/t9-/m1/s1. The summed E-state index contributed by atoms with van der Waals surface area (Å²) >= 11 is 5.81. The average Bonchev–Trinajstić information content (AvgIpc) is 2.74. The molecule has 2 N–H and O–H groups in total. The van der Waals surface area contributed by atoms with Crippen LogP contribution in [0, 0.1) is 11.6 Å². The summed E-state index contributed by atoms with van der Waals surface area (Å²) in [5.74, 6) is -5.09. The number of nitrogens with zero attached hydrogens (tertiary/aromatic N) is 2. The highest BCUT2D eigenvalue weighted by molar-refractivity contribution is 6.31. The van der Waals surface area contributed by atoms with E-state index in [1.54, 1.807) is 0 Å². The molecule has 1 aromatic heterocycles. The van der Waals surface area contributed by atoms with Gasteiger partial charge < -0.3 is 10.1 Å². The maximum Gasteiger partial charge on any atom is 0.472 e. The maximum absolute atomic E-state index is 14.8. The van der Waals surface area contributed by atoms with Gasteiger partial charge in [0, 0.05) is 28.9 Å². The van der Waals surface area contributed by atoms with Crippen LogP contribution in [0.2, 0.25) is 5.02 Å². The third-order valence-electron chi connectivity index (χ3n) is 4.35. The molecule has 3 amide bonds. The molecule has 192 valence electrons. The first kappa shape index (κ1) is 28.0. The summed E-state index contributed by atoms with van der Waals surface area (Å²) in [6, 6.07) is 0.448. The van der Waals surface area contributed by atoms with Crippen LogP contribution in [0.1, 0.15) is 25.6 Å². The maximum atomic E-state index is 14.8. The van der Waals surface area contributed by atoms with Gasteiger partial charge in [-0.25, -0.2) is 27.4 Å². The van der Waals surface area contributed by atoms with Crippen LogP contribution in [0.4, 0.5) is 35.5 Å². The van der Waals surface area contributed by atoms with Gasteiger partial charge in [0.05, 0.1) is 11.7 Å². The van der Waals surface area contributed by atoms with Crippen LogP contribution in [-0.2, 0) is 4.79 Å². The van der Waals surface area contributed by atoms with E-state index in [-0.39, 0.29) is 28.4 Å². The molecule has 0 aliphatic carbocycles. The van der Waals surface area contributed by atoms with Crippen LogP contribution in [0.15, 0.2) is 24.4 Å². The van der Waals surface area contributed by atoms with Crippen LogP contribution in [0.25, 0.3) is 11.1 Å². The third kappa shape index (κ3) is 7.34. The molecule has 0 aliphatic rings. The Labute approximate surface area is 199 Å². The molecule has 2 rings (SSSR count). The van der Waals surface area contributed by atoms with E-state index in [0.29, 0.717) is 5.01 Å². The monoisotopic (exact) mass is 530 g/mol. The Morgan fingerprint density at radius 1 is 1.17 bits per heavy atom. The number of urea groups is 1. The predicted octanol–water partition coefficient (Wildman–Crippen LogP) is 5.01. The van der Waals surface area contributed by atoms with E-state index in [2.05, 4.69) is 10.3 Å². The summed E-state index contributed by atoms with van der Waals surface area (Å²) in [6.07, 6.45) is -7.12. The lowest BCUT2D eigenvalue weighted by molar-refractivity contribution is -0.177. The van der Waals surface area contributed by atoms with Crippen molar-refractivity contribution in [3.63, 3.8) is 0 Å². The van der Waals surface area contributed by atoms with Gasteiger partial charge >= 0.3 is 18.1 Å². The summed E-state index contributed by atoms with van der Waals surface area (Å²) in [5.41, 5.74) is 0.746. The number of ether oxygens (including phenoxy) is 1. The number of carbonyl (C=O) groups is 2. The Hall–Kier alpha value is -3.29. The summed E-state index contributed by atoms with van der Waals surface area (Å²) in [6.45, 7) is 1.06. The summed E-state index contributed by atoms with van der Waals surface area (Å²) < 4.78 is 96.2. The molecule has 0 bridgehead atoms. The Morgan fingerprint density at radius 3 is 2.37 bits per heavy atom. The van der Waals surface area contributed by atoms with Gasteiger partial charge in [-0.2, -0.15) is 13.2 Å². The fourth-order valence-electron chi connectivity index (χ4n) is 2.77. The average molecular weight is 531 g/mol. The summed E-state index contributed by atoms with van der Waals surface area (Å²) in [7, 11) is 0. The van der Waals surface area contributed by atoms with E-state index in [4.69, 9.17) is 16.3 Å². The zero-order valence-electron chi connectivity index (χ0n) is 18.0. The molecule has 0 fully saturated rings. The summed E-state index contributed by atoms with van der Waals surface area (Å²) in [5, 5.41) is 2.38. The number of benzene rings is 1.